The first-order chi connectivity index (χ1) is 34.0. The van der Waals surface area contributed by atoms with Gasteiger partial charge >= 0.3 is 0 Å². The van der Waals surface area contributed by atoms with Gasteiger partial charge in [-0.05, 0) is 51.4 Å². The van der Waals surface area contributed by atoms with Crippen LogP contribution in [0.3, 0.4) is 0 Å². The summed E-state index contributed by atoms with van der Waals surface area (Å²) < 4.78 is 23.4. The van der Waals surface area contributed by atoms with E-state index in [9.17, 15) is 19.4 Å². The van der Waals surface area contributed by atoms with E-state index in [1.54, 1.807) is 6.08 Å². The number of hydrogen-bond donors (Lipinski definition) is 2. The van der Waals surface area contributed by atoms with Crippen LogP contribution >= 0.6 is 7.82 Å². The highest BCUT2D eigenvalue weighted by atomic mass is 31.2. The number of rotatable bonds is 56. The van der Waals surface area contributed by atoms with E-state index in [-0.39, 0.29) is 19.1 Å². The van der Waals surface area contributed by atoms with Crippen LogP contribution in [0.2, 0.25) is 0 Å². The van der Waals surface area contributed by atoms with Crippen molar-refractivity contribution in [1.82, 2.24) is 5.32 Å². The van der Waals surface area contributed by atoms with E-state index < -0.39 is 20.0 Å². The molecule has 0 fully saturated rings. The summed E-state index contributed by atoms with van der Waals surface area (Å²) in [6.45, 7) is 4.68. The minimum absolute atomic E-state index is 0.000117. The van der Waals surface area contributed by atoms with Crippen LogP contribution in [0, 0.1) is 0 Å². The van der Waals surface area contributed by atoms with Crippen LogP contribution in [0.25, 0.3) is 0 Å². The van der Waals surface area contributed by atoms with Crippen molar-refractivity contribution in [1.29, 1.82) is 0 Å². The van der Waals surface area contributed by atoms with Gasteiger partial charge in [-0.1, -0.05) is 275 Å². The molecule has 0 aliphatic heterocycles. The number of carbonyl (C=O) groups excluding carboxylic acids is 1. The molecule has 0 rings (SSSR count). The zero-order chi connectivity index (χ0) is 51.3. The molecule has 3 unspecified atom stereocenters. The van der Waals surface area contributed by atoms with Gasteiger partial charge in [0.25, 0.3) is 7.82 Å². The standard InChI is InChI=1S/C61H119N2O6P/c1-6-8-10-12-14-16-18-20-22-24-25-26-27-28-29-30-31-32-33-34-35-36-37-39-41-43-45-47-49-51-53-55-61(65)62-59(58-69-70(66,67)68-57-56-63(3,4)5)60(64)54-52-50-48-46-44-42-40-38-23-21-19-17-15-13-11-9-7-2/h25-26,28-29,52,54,59-60,64H,6-24,27,30-51,53,55-58H2,1-5H3,(H-,62,65,66,67)/b26-25-,29-28-,54-52+. The van der Waals surface area contributed by atoms with Crippen molar-refractivity contribution in [3.63, 3.8) is 0 Å². The fourth-order valence-electron chi connectivity index (χ4n) is 9.07. The van der Waals surface area contributed by atoms with E-state index in [2.05, 4.69) is 43.5 Å². The Balaban J connectivity index is 4.09. The van der Waals surface area contributed by atoms with Gasteiger partial charge in [0.15, 0.2) is 0 Å². The van der Waals surface area contributed by atoms with Crippen molar-refractivity contribution in [2.75, 3.05) is 40.9 Å². The first kappa shape index (κ1) is 68.7. The molecule has 0 spiro atoms. The number of unbranched alkanes of at least 4 members (excludes halogenated alkanes) is 39. The number of amides is 1. The fraction of sp³-hybridized carbons (Fsp3) is 0.885. The summed E-state index contributed by atoms with van der Waals surface area (Å²) >= 11 is 0. The lowest BCUT2D eigenvalue weighted by atomic mass is 10.0. The summed E-state index contributed by atoms with van der Waals surface area (Å²) in [5, 5.41) is 13.9. The molecular weight excluding hydrogens is 888 g/mol. The molecule has 0 saturated heterocycles. The van der Waals surface area contributed by atoms with Crippen molar-refractivity contribution in [3.8, 4) is 0 Å². The van der Waals surface area contributed by atoms with E-state index in [0.717, 1.165) is 44.9 Å². The average Bonchev–Trinajstić information content (AvgIpc) is 3.32. The highest BCUT2D eigenvalue weighted by Gasteiger charge is 2.23. The lowest BCUT2D eigenvalue weighted by Gasteiger charge is -2.29. The van der Waals surface area contributed by atoms with E-state index in [0.29, 0.717) is 17.4 Å². The second-order valence-electron chi connectivity index (χ2n) is 22.1. The number of nitrogens with zero attached hydrogens (tertiary/aromatic N) is 1. The van der Waals surface area contributed by atoms with Gasteiger partial charge in [0, 0.05) is 6.42 Å². The fourth-order valence-corrected chi connectivity index (χ4v) is 9.79. The second-order valence-corrected chi connectivity index (χ2v) is 23.5. The number of likely N-dealkylation sites (N-methyl/N-ethyl adjacent to an activating group) is 1. The molecule has 0 aliphatic rings. The van der Waals surface area contributed by atoms with Crippen LogP contribution in [-0.4, -0.2) is 68.5 Å². The van der Waals surface area contributed by atoms with Crippen molar-refractivity contribution in [3.05, 3.63) is 36.5 Å². The summed E-state index contributed by atoms with van der Waals surface area (Å²) in [6.07, 6.45) is 68.0. The third-order valence-corrected chi connectivity index (χ3v) is 14.8. The van der Waals surface area contributed by atoms with Crippen LogP contribution in [-0.2, 0) is 18.4 Å². The maximum Gasteiger partial charge on any atom is 0.268 e. The van der Waals surface area contributed by atoms with Gasteiger partial charge in [0.1, 0.15) is 13.2 Å². The molecular formula is C61H119N2O6P. The van der Waals surface area contributed by atoms with Crippen molar-refractivity contribution >= 4 is 13.7 Å². The smallest absolute Gasteiger partial charge is 0.268 e. The molecule has 0 aromatic rings. The maximum atomic E-state index is 13.0. The number of quaternary nitrogens is 1. The van der Waals surface area contributed by atoms with E-state index in [1.165, 1.54) is 231 Å². The number of phosphoric acid groups is 1. The normalized spacial score (nSPS) is 14.1. The molecule has 414 valence electrons. The van der Waals surface area contributed by atoms with Crippen LogP contribution in [0.5, 0.6) is 0 Å². The Hall–Kier alpha value is -1.28. The van der Waals surface area contributed by atoms with Crippen molar-refractivity contribution < 1.29 is 32.9 Å². The number of hydrogen-bond acceptors (Lipinski definition) is 6. The van der Waals surface area contributed by atoms with E-state index in [1.807, 2.05) is 27.2 Å². The predicted octanol–water partition coefficient (Wildman–Crippen LogP) is 17.9. The van der Waals surface area contributed by atoms with Gasteiger partial charge in [-0.2, -0.15) is 0 Å². The molecule has 0 radical (unpaired) electrons. The third-order valence-electron chi connectivity index (χ3n) is 13.8. The molecule has 1 amide bonds. The number of allylic oxidation sites excluding steroid dienone is 5. The Bertz CT molecular complexity index is 1230. The van der Waals surface area contributed by atoms with Gasteiger partial charge in [0.05, 0.1) is 39.9 Å². The monoisotopic (exact) mass is 1010 g/mol. The Kier molecular flexibility index (Phi) is 51.6. The highest BCUT2D eigenvalue weighted by molar-refractivity contribution is 7.45. The number of carbonyl (C=O) groups is 1. The summed E-state index contributed by atoms with van der Waals surface area (Å²) in [5.74, 6) is -0.194. The first-order valence-corrected chi connectivity index (χ1v) is 31.8. The molecule has 2 N–H and O–H groups in total. The van der Waals surface area contributed by atoms with Gasteiger partial charge in [-0.25, -0.2) is 0 Å². The first-order valence-electron chi connectivity index (χ1n) is 30.4. The van der Waals surface area contributed by atoms with Gasteiger partial charge in [-0.15, -0.1) is 0 Å². The number of nitrogens with one attached hydrogen (secondary N) is 1. The summed E-state index contributed by atoms with van der Waals surface area (Å²) in [7, 11) is 1.27. The molecule has 0 saturated carbocycles. The number of aliphatic hydroxyl groups is 1. The second kappa shape index (κ2) is 52.6. The molecule has 0 aliphatic carbocycles. The molecule has 70 heavy (non-hydrogen) atoms. The molecule has 0 aromatic heterocycles. The SMILES string of the molecule is CCCCCCCCCCC/C=C\C/C=C\CCCCCCCCCCCCCCCCCC(=O)NC(COP(=O)([O-])OCC[N+](C)(C)C)C(O)/C=C/CCCCCCCCCCCCCCCCC. The molecule has 0 bridgehead atoms. The van der Waals surface area contributed by atoms with Crippen molar-refractivity contribution in [2.24, 2.45) is 0 Å². The summed E-state index contributed by atoms with van der Waals surface area (Å²) in [6, 6.07) is -0.886. The van der Waals surface area contributed by atoms with Crippen LogP contribution in [0.4, 0.5) is 0 Å². The zero-order valence-corrected chi connectivity index (χ0v) is 48.1. The zero-order valence-electron chi connectivity index (χ0n) is 47.2. The molecule has 0 aromatic carbocycles. The minimum Gasteiger partial charge on any atom is -0.756 e. The lowest BCUT2D eigenvalue weighted by molar-refractivity contribution is -0.870. The van der Waals surface area contributed by atoms with E-state index in [4.69, 9.17) is 9.05 Å². The van der Waals surface area contributed by atoms with Gasteiger partial charge in [0.2, 0.25) is 5.91 Å². The van der Waals surface area contributed by atoms with Crippen LogP contribution < -0.4 is 10.2 Å². The largest absolute Gasteiger partial charge is 0.756 e. The van der Waals surface area contributed by atoms with Gasteiger partial charge in [-0.3, -0.25) is 9.36 Å². The quantitative estimate of drug-likeness (QED) is 0.0272. The lowest BCUT2D eigenvalue weighted by Crippen LogP contribution is -2.45. The molecule has 0 heterocycles. The molecule has 3 atom stereocenters. The van der Waals surface area contributed by atoms with Crippen LogP contribution in [0.1, 0.15) is 296 Å². The van der Waals surface area contributed by atoms with E-state index >= 15 is 0 Å². The van der Waals surface area contributed by atoms with Gasteiger partial charge < -0.3 is 28.8 Å². The minimum atomic E-state index is -4.60. The number of aliphatic hydroxyl groups excluding tert-OH is 1. The maximum absolute atomic E-state index is 13.0. The Labute approximate surface area is 436 Å². The molecule has 8 nitrogen and oxygen atoms in total. The molecule has 9 heteroatoms. The van der Waals surface area contributed by atoms with Crippen LogP contribution in [0.15, 0.2) is 36.5 Å². The van der Waals surface area contributed by atoms with Crippen molar-refractivity contribution in [2.45, 2.75) is 309 Å². The summed E-state index contributed by atoms with van der Waals surface area (Å²) in [5.41, 5.74) is 0. The highest BCUT2D eigenvalue weighted by Crippen LogP contribution is 2.38. The average molecular weight is 1010 g/mol. The Morgan fingerprint density at radius 3 is 1.19 bits per heavy atom. The Morgan fingerprint density at radius 2 is 0.829 bits per heavy atom. The topological polar surface area (TPSA) is 108 Å². The predicted molar refractivity (Wildman–Crippen MR) is 302 cm³/mol. The number of phosphoric ester groups is 1. The summed E-state index contributed by atoms with van der Waals surface area (Å²) in [4.78, 5) is 25.5. The third kappa shape index (κ3) is 54.5. The Morgan fingerprint density at radius 1 is 0.500 bits per heavy atom.